The van der Waals surface area contributed by atoms with Crippen LogP contribution in [0.5, 0.6) is 5.75 Å². The van der Waals surface area contributed by atoms with E-state index in [1.807, 2.05) is 24.3 Å². The number of rotatable bonds is 1. The van der Waals surface area contributed by atoms with E-state index in [4.69, 9.17) is 4.74 Å². The number of hydrogen-bond acceptors (Lipinski definition) is 2. The highest BCUT2D eigenvalue weighted by Crippen LogP contribution is 2.29. The number of fused-ring (bicyclic) bond motifs is 1. The van der Waals surface area contributed by atoms with E-state index in [0.717, 1.165) is 23.4 Å². The van der Waals surface area contributed by atoms with Crippen LogP contribution in [-0.4, -0.2) is 24.0 Å². The molecule has 1 amide bonds. The highest BCUT2D eigenvalue weighted by Gasteiger charge is 2.30. The molecule has 0 saturated heterocycles. The van der Waals surface area contributed by atoms with Crippen LogP contribution >= 0.6 is 0 Å². The number of halogens is 3. The highest BCUT2D eigenvalue weighted by molar-refractivity contribution is 5.94. The number of para-hydroxylation sites is 1. The van der Waals surface area contributed by atoms with Crippen molar-refractivity contribution in [1.82, 2.24) is 4.90 Å². The zero-order chi connectivity index (χ0) is 16.4. The first-order chi connectivity index (χ1) is 10.9. The van der Waals surface area contributed by atoms with Gasteiger partial charge in [0.25, 0.3) is 5.91 Å². The summed E-state index contributed by atoms with van der Waals surface area (Å²) in [6.07, 6.45) is -4.41. The number of nitrogens with zero attached hydrogens (tertiary/aromatic N) is 1. The number of alkyl halides is 3. The van der Waals surface area contributed by atoms with Crippen molar-refractivity contribution in [3.8, 4) is 5.75 Å². The Balaban J connectivity index is 1.80. The van der Waals surface area contributed by atoms with Crippen LogP contribution in [0.25, 0.3) is 0 Å². The Morgan fingerprint density at radius 2 is 1.74 bits per heavy atom. The molecule has 2 aromatic carbocycles. The van der Waals surface area contributed by atoms with Crippen molar-refractivity contribution in [2.75, 3.05) is 13.2 Å². The maximum Gasteiger partial charge on any atom is 0.416 e. The lowest BCUT2D eigenvalue weighted by atomic mass is 10.1. The summed E-state index contributed by atoms with van der Waals surface area (Å²) in [4.78, 5) is 14.1. The fourth-order valence-electron chi connectivity index (χ4n) is 2.48. The normalized spacial score (nSPS) is 14.7. The second-order valence-electron chi connectivity index (χ2n) is 5.26. The molecule has 0 aromatic heterocycles. The Labute approximate surface area is 131 Å². The van der Waals surface area contributed by atoms with Gasteiger partial charge < -0.3 is 9.64 Å². The smallest absolute Gasteiger partial charge is 0.416 e. The maximum atomic E-state index is 12.6. The minimum atomic E-state index is -4.41. The number of hydrogen-bond donors (Lipinski definition) is 0. The van der Waals surface area contributed by atoms with Gasteiger partial charge in [-0.25, -0.2) is 0 Å². The molecule has 0 aliphatic carbocycles. The zero-order valence-electron chi connectivity index (χ0n) is 12.1. The summed E-state index contributed by atoms with van der Waals surface area (Å²) >= 11 is 0. The number of amides is 1. The first-order valence-corrected chi connectivity index (χ1v) is 7.12. The van der Waals surface area contributed by atoms with Crippen molar-refractivity contribution < 1.29 is 22.7 Å². The third-order valence-corrected chi connectivity index (χ3v) is 3.70. The Morgan fingerprint density at radius 1 is 1.04 bits per heavy atom. The monoisotopic (exact) mass is 321 g/mol. The van der Waals surface area contributed by atoms with E-state index in [9.17, 15) is 18.0 Å². The van der Waals surface area contributed by atoms with Crippen molar-refractivity contribution in [3.63, 3.8) is 0 Å². The van der Waals surface area contributed by atoms with Gasteiger partial charge in [-0.2, -0.15) is 13.2 Å². The molecule has 0 spiro atoms. The Morgan fingerprint density at radius 3 is 2.43 bits per heavy atom. The van der Waals surface area contributed by atoms with E-state index in [0.29, 0.717) is 19.7 Å². The van der Waals surface area contributed by atoms with E-state index in [1.165, 1.54) is 12.1 Å². The van der Waals surface area contributed by atoms with Gasteiger partial charge in [0.1, 0.15) is 12.4 Å². The molecular formula is C17H14F3NO2. The molecular weight excluding hydrogens is 307 g/mol. The van der Waals surface area contributed by atoms with Gasteiger partial charge in [-0.05, 0) is 30.3 Å². The molecule has 3 nitrogen and oxygen atoms in total. The molecule has 1 aliphatic heterocycles. The Bertz CT molecular complexity index is 711. The van der Waals surface area contributed by atoms with Gasteiger partial charge in [0.2, 0.25) is 0 Å². The maximum absolute atomic E-state index is 12.6. The van der Waals surface area contributed by atoms with Gasteiger partial charge in [-0.3, -0.25) is 4.79 Å². The van der Waals surface area contributed by atoms with Crippen LogP contribution in [0.4, 0.5) is 13.2 Å². The van der Waals surface area contributed by atoms with Crippen molar-refractivity contribution in [3.05, 3.63) is 65.2 Å². The van der Waals surface area contributed by atoms with E-state index in [-0.39, 0.29) is 11.5 Å². The molecule has 0 bridgehead atoms. The van der Waals surface area contributed by atoms with Crippen LogP contribution in [0.15, 0.2) is 48.5 Å². The quantitative estimate of drug-likeness (QED) is 0.801. The van der Waals surface area contributed by atoms with Crippen molar-refractivity contribution >= 4 is 5.91 Å². The lowest BCUT2D eigenvalue weighted by molar-refractivity contribution is -0.137. The molecule has 6 heteroatoms. The third-order valence-electron chi connectivity index (χ3n) is 3.70. The van der Waals surface area contributed by atoms with Crippen LogP contribution in [0.2, 0.25) is 0 Å². The average Bonchev–Trinajstić information content (AvgIpc) is 2.75. The second-order valence-corrected chi connectivity index (χ2v) is 5.26. The molecule has 0 atom stereocenters. The molecule has 23 heavy (non-hydrogen) atoms. The SMILES string of the molecule is O=C(c1ccc(C(F)(F)F)cc1)N1CCOc2ccccc2C1. The van der Waals surface area contributed by atoms with Crippen molar-refractivity contribution in [2.45, 2.75) is 12.7 Å². The second kappa shape index (κ2) is 5.95. The molecule has 0 unspecified atom stereocenters. The summed E-state index contributed by atoms with van der Waals surface area (Å²) in [5.41, 5.74) is 0.348. The number of ether oxygens (including phenoxy) is 1. The van der Waals surface area contributed by atoms with E-state index >= 15 is 0 Å². The minimum Gasteiger partial charge on any atom is -0.491 e. The van der Waals surface area contributed by atoms with Crippen LogP contribution in [0, 0.1) is 0 Å². The molecule has 1 heterocycles. The zero-order valence-corrected chi connectivity index (χ0v) is 12.1. The molecule has 0 radical (unpaired) electrons. The topological polar surface area (TPSA) is 29.5 Å². The lowest BCUT2D eigenvalue weighted by Gasteiger charge is -2.20. The number of benzene rings is 2. The Hall–Kier alpha value is -2.50. The molecule has 120 valence electrons. The third kappa shape index (κ3) is 3.31. The van der Waals surface area contributed by atoms with E-state index in [1.54, 1.807) is 4.90 Å². The van der Waals surface area contributed by atoms with Gasteiger partial charge in [-0.1, -0.05) is 18.2 Å². The van der Waals surface area contributed by atoms with E-state index < -0.39 is 11.7 Å². The molecule has 0 saturated carbocycles. The first-order valence-electron chi connectivity index (χ1n) is 7.12. The fraction of sp³-hybridized carbons (Fsp3) is 0.235. The summed E-state index contributed by atoms with van der Waals surface area (Å²) in [6, 6.07) is 11.7. The fourth-order valence-corrected chi connectivity index (χ4v) is 2.48. The molecule has 0 fully saturated rings. The first kappa shape index (κ1) is 15.4. The standard InChI is InChI=1S/C17H14F3NO2/c18-17(19,20)14-7-5-12(6-8-14)16(22)21-9-10-23-15-4-2-1-3-13(15)11-21/h1-8H,9-11H2. The highest BCUT2D eigenvalue weighted by atomic mass is 19.4. The van der Waals surface area contributed by atoms with E-state index in [2.05, 4.69) is 0 Å². The van der Waals surface area contributed by atoms with Gasteiger partial charge in [0, 0.05) is 17.7 Å². The van der Waals surface area contributed by atoms with Gasteiger partial charge in [-0.15, -0.1) is 0 Å². The molecule has 2 aromatic rings. The number of carbonyl (C=O) groups is 1. The largest absolute Gasteiger partial charge is 0.491 e. The minimum absolute atomic E-state index is 0.234. The van der Waals surface area contributed by atoms with Crippen LogP contribution in [0.3, 0.4) is 0 Å². The van der Waals surface area contributed by atoms with Crippen LogP contribution in [-0.2, 0) is 12.7 Å². The predicted octanol–water partition coefficient (Wildman–Crippen LogP) is 3.74. The number of carbonyl (C=O) groups excluding carboxylic acids is 1. The lowest BCUT2D eigenvalue weighted by Crippen LogP contribution is -2.32. The van der Waals surface area contributed by atoms with Crippen molar-refractivity contribution in [2.24, 2.45) is 0 Å². The summed E-state index contributed by atoms with van der Waals surface area (Å²) in [5.74, 6) is 0.425. The average molecular weight is 321 g/mol. The Kier molecular flexibility index (Phi) is 3.98. The summed E-state index contributed by atoms with van der Waals surface area (Å²) in [5, 5.41) is 0. The summed E-state index contributed by atoms with van der Waals surface area (Å²) in [7, 11) is 0. The van der Waals surface area contributed by atoms with Crippen LogP contribution < -0.4 is 4.74 Å². The van der Waals surface area contributed by atoms with Gasteiger partial charge in [0.15, 0.2) is 0 Å². The predicted molar refractivity (Wildman–Crippen MR) is 78.1 cm³/mol. The molecule has 1 aliphatic rings. The summed E-state index contributed by atoms with van der Waals surface area (Å²) in [6.45, 7) is 1.11. The summed E-state index contributed by atoms with van der Waals surface area (Å²) < 4.78 is 43.3. The molecule has 3 rings (SSSR count). The van der Waals surface area contributed by atoms with Crippen molar-refractivity contribution in [1.29, 1.82) is 0 Å². The van der Waals surface area contributed by atoms with Gasteiger partial charge >= 0.3 is 6.18 Å². The van der Waals surface area contributed by atoms with Gasteiger partial charge in [0.05, 0.1) is 12.1 Å². The molecule has 0 N–H and O–H groups in total. The van der Waals surface area contributed by atoms with Crippen LogP contribution in [0.1, 0.15) is 21.5 Å².